The molecule has 0 aliphatic carbocycles. The third-order valence-electron chi connectivity index (χ3n) is 2.17. The summed E-state index contributed by atoms with van der Waals surface area (Å²) >= 11 is 6.70. The highest BCUT2D eigenvalue weighted by molar-refractivity contribution is 9.10. The minimum Gasteiger partial charge on any atom is -0.373 e. The molecule has 0 aliphatic rings. The molecule has 3 nitrogen and oxygen atoms in total. The first-order valence-electron chi connectivity index (χ1n) is 5.26. The highest BCUT2D eigenvalue weighted by atomic mass is 79.9. The van der Waals surface area contributed by atoms with Crippen LogP contribution in [0.15, 0.2) is 49.9 Å². The first-order valence-corrected chi connectivity index (χ1v) is 8.09. The second-order valence-electron chi connectivity index (χ2n) is 3.36. The summed E-state index contributed by atoms with van der Waals surface area (Å²) in [6.07, 6.45) is 1.97. The quantitative estimate of drug-likeness (QED) is 0.513. The molecule has 0 saturated carbocycles. The molecule has 0 bridgehead atoms. The Balaban J connectivity index is 2.31. The SMILES string of the molecule is CNc1cc(Sc2ccccc2Br)nc(SC)n1. The van der Waals surface area contributed by atoms with Crippen LogP contribution in [0, 0.1) is 0 Å². The van der Waals surface area contributed by atoms with Gasteiger partial charge in [-0.3, -0.25) is 0 Å². The van der Waals surface area contributed by atoms with Gasteiger partial charge in [-0.15, -0.1) is 0 Å². The zero-order valence-corrected chi connectivity index (χ0v) is 13.2. The smallest absolute Gasteiger partial charge is 0.190 e. The van der Waals surface area contributed by atoms with Crippen molar-refractivity contribution in [2.75, 3.05) is 18.6 Å². The van der Waals surface area contributed by atoms with E-state index in [1.54, 1.807) is 11.8 Å². The van der Waals surface area contributed by atoms with Crippen molar-refractivity contribution in [3.05, 3.63) is 34.8 Å². The Bertz CT molecular complexity index is 526. The molecule has 1 N–H and O–H groups in total. The van der Waals surface area contributed by atoms with Crippen LogP contribution in [0.3, 0.4) is 0 Å². The molecular weight excluding hydrogens is 330 g/mol. The molecule has 1 aromatic carbocycles. The molecular formula is C12H12BrN3S2. The molecule has 6 heteroatoms. The zero-order chi connectivity index (χ0) is 13.0. The minimum absolute atomic E-state index is 0.774. The standard InChI is InChI=1S/C12H12BrN3S2/c1-14-10-7-11(16-12(15-10)17-2)18-9-6-4-3-5-8(9)13/h3-7H,1-2H3,(H,14,15,16). The summed E-state index contributed by atoms with van der Waals surface area (Å²) in [5, 5.41) is 4.76. The lowest BCUT2D eigenvalue weighted by Gasteiger charge is -2.07. The van der Waals surface area contributed by atoms with E-state index in [1.807, 2.05) is 37.6 Å². The lowest BCUT2D eigenvalue weighted by Crippen LogP contribution is -1.96. The highest BCUT2D eigenvalue weighted by Crippen LogP contribution is 2.33. The topological polar surface area (TPSA) is 37.8 Å². The summed E-state index contributed by atoms with van der Waals surface area (Å²) in [7, 11) is 1.86. The predicted molar refractivity (Wildman–Crippen MR) is 81.6 cm³/mol. The molecule has 0 amide bonds. The molecule has 0 aliphatic heterocycles. The maximum absolute atomic E-state index is 4.49. The predicted octanol–water partition coefficient (Wildman–Crippen LogP) is 4.15. The monoisotopic (exact) mass is 341 g/mol. The normalized spacial score (nSPS) is 10.4. The maximum atomic E-state index is 4.49. The zero-order valence-electron chi connectivity index (χ0n) is 9.98. The van der Waals surface area contributed by atoms with E-state index in [2.05, 4.69) is 37.3 Å². The molecule has 0 fully saturated rings. The highest BCUT2D eigenvalue weighted by Gasteiger charge is 2.06. The Morgan fingerprint density at radius 1 is 1.22 bits per heavy atom. The number of thioether (sulfide) groups is 1. The molecule has 94 valence electrons. The molecule has 0 spiro atoms. The van der Waals surface area contributed by atoms with Crippen LogP contribution in [-0.4, -0.2) is 23.3 Å². The Morgan fingerprint density at radius 3 is 2.67 bits per heavy atom. The number of nitrogens with zero attached hydrogens (tertiary/aromatic N) is 2. The Kier molecular flexibility index (Phi) is 4.91. The van der Waals surface area contributed by atoms with Gasteiger partial charge in [-0.25, -0.2) is 9.97 Å². The number of hydrogen-bond donors (Lipinski definition) is 1. The van der Waals surface area contributed by atoms with Gasteiger partial charge in [0.1, 0.15) is 10.8 Å². The first kappa shape index (κ1) is 13.7. The van der Waals surface area contributed by atoms with Crippen LogP contribution < -0.4 is 5.32 Å². The second-order valence-corrected chi connectivity index (χ2v) is 6.05. The fourth-order valence-corrected chi connectivity index (χ4v) is 3.12. The van der Waals surface area contributed by atoms with E-state index in [4.69, 9.17) is 0 Å². The van der Waals surface area contributed by atoms with Gasteiger partial charge in [0.25, 0.3) is 0 Å². The van der Waals surface area contributed by atoms with Crippen LogP contribution in [0.2, 0.25) is 0 Å². The second kappa shape index (κ2) is 6.45. The van der Waals surface area contributed by atoms with Crippen LogP contribution in [0.25, 0.3) is 0 Å². The molecule has 2 rings (SSSR count). The van der Waals surface area contributed by atoms with Gasteiger partial charge in [0.05, 0.1) is 0 Å². The van der Waals surface area contributed by atoms with Gasteiger partial charge in [0, 0.05) is 22.5 Å². The van der Waals surface area contributed by atoms with Crippen molar-refractivity contribution in [1.82, 2.24) is 9.97 Å². The summed E-state index contributed by atoms with van der Waals surface area (Å²) in [5.74, 6) is 0.837. The average Bonchev–Trinajstić information content (AvgIpc) is 2.41. The molecule has 0 radical (unpaired) electrons. The van der Waals surface area contributed by atoms with Crippen molar-refractivity contribution in [3.63, 3.8) is 0 Å². The van der Waals surface area contributed by atoms with Crippen molar-refractivity contribution >= 4 is 45.3 Å². The molecule has 0 saturated heterocycles. The van der Waals surface area contributed by atoms with E-state index in [0.717, 1.165) is 25.4 Å². The van der Waals surface area contributed by atoms with Crippen molar-refractivity contribution < 1.29 is 0 Å². The number of aromatic nitrogens is 2. The maximum Gasteiger partial charge on any atom is 0.190 e. The van der Waals surface area contributed by atoms with Gasteiger partial charge < -0.3 is 5.32 Å². The Morgan fingerprint density at radius 2 is 2.00 bits per heavy atom. The fraction of sp³-hybridized carbons (Fsp3) is 0.167. The van der Waals surface area contributed by atoms with Crippen LogP contribution in [0.4, 0.5) is 5.82 Å². The van der Waals surface area contributed by atoms with Crippen molar-refractivity contribution in [2.24, 2.45) is 0 Å². The molecule has 18 heavy (non-hydrogen) atoms. The fourth-order valence-electron chi connectivity index (χ4n) is 1.32. The third-order valence-corrected chi connectivity index (χ3v) is 4.67. The van der Waals surface area contributed by atoms with Crippen LogP contribution in [-0.2, 0) is 0 Å². The summed E-state index contributed by atoms with van der Waals surface area (Å²) in [4.78, 5) is 9.98. The van der Waals surface area contributed by atoms with Crippen LogP contribution >= 0.6 is 39.5 Å². The molecule has 0 unspecified atom stereocenters. The van der Waals surface area contributed by atoms with Crippen LogP contribution in [0.5, 0.6) is 0 Å². The average molecular weight is 342 g/mol. The summed E-state index contributed by atoms with van der Waals surface area (Å²) in [6.45, 7) is 0. The number of nitrogens with one attached hydrogen (secondary N) is 1. The summed E-state index contributed by atoms with van der Waals surface area (Å²) in [6, 6.07) is 10.1. The molecule has 2 aromatic rings. The minimum atomic E-state index is 0.774. The van der Waals surface area contributed by atoms with E-state index in [0.29, 0.717) is 0 Å². The third kappa shape index (κ3) is 3.40. The van der Waals surface area contributed by atoms with Crippen molar-refractivity contribution in [1.29, 1.82) is 0 Å². The number of halogens is 1. The first-order chi connectivity index (χ1) is 8.72. The Hall–Kier alpha value is -0.720. The lowest BCUT2D eigenvalue weighted by molar-refractivity contribution is 0.897. The van der Waals surface area contributed by atoms with Crippen molar-refractivity contribution in [3.8, 4) is 0 Å². The van der Waals surface area contributed by atoms with Gasteiger partial charge in [0.2, 0.25) is 0 Å². The van der Waals surface area contributed by atoms with Gasteiger partial charge in [-0.1, -0.05) is 35.7 Å². The number of benzene rings is 1. The van der Waals surface area contributed by atoms with Gasteiger partial charge in [-0.05, 0) is 34.3 Å². The van der Waals surface area contributed by atoms with E-state index in [1.165, 1.54) is 11.8 Å². The summed E-state index contributed by atoms with van der Waals surface area (Å²) < 4.78 is 1.07. The van der Waals surface area contributed by atoms with E-state index in [-0.39, 0.29) is 0 Å². The number of anilines is 1. The largest absolute Gasteiger partial charge is 0.373 e. The van der Waals surface area contributed by atoms with Gasteiger partial charge in [-0.2, -0.15) is 0 Å². The number of rotatable bonds is 4. The summed E-state index contributed by atoms with van der Waals surface area (Å²) in [5.41, 5.74) is 0. The van der Waals surface area contributed by atoms with E-state index >= 15 is 0 Å². The van der Waals surface area contributed by atoms with Gasteiger partial charge in [0.15, 0.2) is 5.16 Å². The molecule has 0 atom stereocenters. The van der Waals surface area contributed by atoms with Crippen LogP contribution in [0.1, 0.15) is 0 Å². The van der Waals surface area contributed by atoms with Gasteiger partial charge >= 0.3 is 0 Å². The Labute approximate surface area is 123 Å². The molecule has 1 heterocycles. The lowest BCUT2D eigenvalue weighted by atomic mass is 10.4. The van der Waals surface area contributed by atoms with Crippen molar-refractivity contribution in [2.45, 2.75) is 15.1 Å². The number of hydrogen-bond acceptors (Lipinski definition) is 5. The van der Waals surface area contributed by atoms with E-state index < -0.39 is 0 Å². The molecule has 1 aromatic heterocycles. The van der Waals surface area contributed by atoms with E-state index in [9.17, 15) is 0 Å².